The number of para-hydroxylation sites is 1. The number of nitrogens with one attached hydrogen (secondary N) is 1. The molecule has 5 nitrogen and oxygen atoms in total. The van der Waals surface area contributed by atoms with E-state index in [0.717, 1.165) is 68.3 Å². The molecule has 1 aromatic carbocycles. The van der Waals surface area contributed by atoms with Gasteiger partial charge in [-0.3, -0.25) is 9.88 Å². The molecule has 0 bridgehead atoms. The molecule has 1 aliphatic heterocycles. The van der Waals surface area contributed by atoms with Gasteiger partial charge in [0.2, 0.25) is 0 Å². The van der Waals surface area contributed by atoms with Gasteiger partial charge < -0.3 is 14.8 Å². The summed E-state index contributed by atoms with van der Waals surface area (Å²) in [5.41, 5.74) is 1.99. The number of aromatic nitrogens is 1. The first kappa shape index (κ1) is 15.2. The highest BCUT2D eigenvalue weighted by Crippen LogP contribution is 2.24. The largest absolute Gasteiger partial charge is 0.496 e. The van der Waals surface area contributed by atoms with Crippen molar-refractivity contribution in [3.63, 3.8) is 0 Å². The summed E-state index contributed by atoms with van der Waals surface area (Å²) >= 11 is 0. The number of morpholine rings is 1. The molecule has 1 aromatic heterocycles. The lowest BCUT2D eigenvalue weighted by atomic mass is 10.2. The number of fused-ring (bicyclic) bond motifs is 1. The fraction of sp³-hybridized carbons (Fsp3) is 0.471. The molecule has 1 fully saturated rings. The predicted octanol–water partition coefficient (Wildman–Crippen LogP) is 1.67. The summed E-state index contributed by atoms with van der Waals surface area (Å²) in [5.74, 6) is 0.885. The van der Waals surface area contributed by atoms with E-state index in [0.29, 0.717) is 0 Å². The third-order valence-corrected chi connectivity index (χ3v) is 3.97. The molecule has 0 spiro atoms. The topological polar surface area (TPSA) is 46.6 Å². The third kappa shape index (κ3) is 3.74. The molecule has 0 atom stereocenters. The predicted molar refractivity (Wildman–Crippen MR) is 87.3 cm³/mol. The maximum Gasteiger partial charge on any atom is 0.130 e. The molecule has 22 heavy (non-hydrogen) atoms. The summed E-state index contributed by atoms with van der Waals surface area (Å²) in [4.78, 5) is 7.11. The van der Waals surface area contributed by atoms with E-state index < -0.39 is 0 Å². The minimum absolute atomic E-state index is 0.755. The Morgan fingerprint density at radius 1 is 1.27 bits per heavy atom. The van der Waals surface area contributed by atoms with Gasteiger partial charge >= 0.3 is 0 Å². The number of nitrogens with zero attached hydrogens (tertiary/aromatic N) is 2. The van der Waals surface area contributed by atoms with Gasteiger partial charge in [0, 0.05) is 44.2 Å². The normalized spacial score (nSPS) is 16.0. The van der Waals surface area contributed by atoms with Gasteiger partial charge in [-0.05, 0) is 12.1 Å². The van der Waals surface area contributed by atoms with Crippen LogP contribution in [0.15, 0.2) is 30.3 Å². The molecule has 118 valence electrons. The highest BCUT2D eigenvalue weighted by molar-refractivity contribution is 5.85. The standard InChI is InChI=1S/C17H23N3O2/c1-21-17-12-14(19-16-5-3-2-4-15(16)17)13-18-6-7-20-8-10-22-11-9-20/h2-5,12,18H,6-11,13H2,1H3. The van der Waals surface area contributed by atoms with E-state index in [-0.39, 0.29) is 0 Å². The first-order chi connectivity index (χ1) is 10.9. The molecular formula is C17H23N3O2. The van der Waals surface area contributed by atoms with Crippen molar-refractivity contribution in [2.75, 3.05) is 46.5 Å². The zero-order valence-corrected chi connectivity index (χ0v) is 13.0. The molecule has 0 aliphatic carbocycles. The number of rotatable bonds is 6. The van der Waals surface area contributed by atoms with E-state index in [2.05, 4.69) is 10.2 Å². The van der Waals surface area contributed by atoms with Gasteiger partial charge in [-0.1, -0.05) is 12.1 Å². The Kier molecular flexibility index (Phi) is 5.21. The van der Waals surface area contributed by atoms with Gasteiger partial charge in [0.25, 0.3) is 0 Å². The Bertz CT molecular complexity index is 612. The Hall–Kier alpha value is -1.69. The number of ether oxygens (including phenoxy) is 2. The lowest BCUT2D eigenvalue weighted by Crippen LogP contribution is -2.40. The van der Waals surface area contributed by atoms with Crippen molar-refractivity contribution in [2.45, 2.75) is 6.54 Å². The molecule has 1 aliphatic rings. The van der Waals surface area contributed by atoms with E-state index in [9.17, 15) is 0 Å². The molecule has 2 heterocycles. The van der Waals surface area contributed by atoms with Crippen LogP contribution in [0.4, 0.5) is 0 Å². The molecule has 1 N–H and O–H groups in total. The SMILES string of the molecule is COc1cc(CNCCN2CCOCC2)nc2ccccc12. The van der Waals surface area contributed by atoms with Crippen LogP contribution in [0.2, 0.25) is 0 Å². The van der Waals surface area contributed by atoms with E-state index in [1.807, 2.05) is 30.3 Å². The molecule has 2 aromatic rings. The van der Waals surface area contributed by atoms with E-state index in [1.54, 1.807) is 7.11 Å². The number of hydrogen-bond acceptors (Lipinski definition) is 5. The van der Waals surface area contributed by atoms with Crippen molar-refractivity contribution in [3.8, 4) is 5.75 Å². The smallest absolute Gasteiger partial charge is 0.130 e. The first-order valence-corrected chi connectivity index (χ1v) is 7.80. The van der Waals surface area contributed by atoms with Crippen LogP contribution in [0, 0.1) is 0 Å². The van der Waals surface area contributed by atoms with Crippen molar-refractivity contribution in [2.24, 2.45) is 0 Å². The zero-order valence-electron chi connectivity index (χ0n) is 13.0. The van der Waals surface area contributed by atoms with E-state index in [4.69, 9.17) is 14.5 Å². The molecule has 1 saturated heterocycles. The number of methoxy groups -OCH3 is 1. The summed E-state index contributed by atoms with van der Waals surface area (Å²) in [5, 5.41) is 4.52. The average molecular weight is 301 g/mol. The van der Waals surface area contributed by atoms with Gasteiger partial charge in [-0.15, -0.1) is 0 Å². The molecule has 3 rings (SSSR count). The van der Waals surface area contributed by atoms with E-state index >= 15 is 0 Å². The lowest BCUT2D eigenvalue weighted by molar-refractivity contribution is 0.0384. The monoisotopic (exact) mass is 301 g/mol. The number of benzene rings is 1. The quantitative estimate of drug-likeness (QED) is 0.822. The van der Waals surface area contributed by atoms with Crippen LogP contribution in [0.25, 0.3) is 10.9 Å². The minimum atomic E-state index is 0.755. The van der Waals surface area contributed by atoms with Crippen LogP contribution >= 0.6 is 0 Å². The van der Waals surface area contributed by atoms with Crippen LogP contribution in [-0.2, 0) is 11.3 Å². The van der Waals surface area contributed by atoms with Crippen molar-refractivity contribution < 1.29 is 9.47 Å². The molecule has 0 radical (unpaired) electrons. The maximum atomic E-state index is 5.48. The Morgan fingerprint density at radius 3 is 2.91 bits per heavy atom. The second-order valence-electron chi connectivity index (χ2n) is 5.46. The molecular weight excluding hydrogens is 278 g/mol. The Morgan fingerprint density at radius 2 is 2.09 bits per heavy atom. The lowest BCUT2D eigenvalue weighted by Gasteiger charge is -2.26. The minimum Gasteiger partial charge on any atom is -0.496 e. The van der Waals surface area contributed by atoms with Crippen molar-refractivity contribution in [3.05, 3.63) is 36.0 Å². The van der Waals surface area contributed by atoms with Crippen LogP contribution < -0.4 is 10.1 Å². The Balaban J connectivity index is 1.57. The second-order valence-corrected chi connectivity index (χ2v) is 5.46. The molecule has 0 saturated carbocycles. The van der Waals surface area contributed by atoms with Crippen LogP contribution in [0.1, 0.15) is 5.69 Å². The van der Waals surface area contributed by atoms with Crippen LogP contribution in [0.5, 0.6) is 5.75 Å². The summed E-state index contributed by atoms with van der Waals surface area (Å²) < 4.78 is 10.8. The van der Waals surface area contributed by atoms with Crippen LogP contribution in [-0.4, -0.2) is 56.4 Å². The van der Waals surface area contributed by atoms with Crippen LogP contribution in [0.3, 0.4) is 0 Å². The summed E-state index contributed by atoms with van der Waals surface area (Å²) in [6, 6.07) is 10.1. The highest BCUT2D eigenvalue weighted by atomic mass is 16.5. The van der Waals surface area contributed by atoms with Crippen molar-refractivity contribution in [1.29, 1.82) is 0 Å². The van der Waals surface area contributed by atoms with E-state index in [1.165, 1.54) is 0 Å². The van der Waals surface area contributed by atoms with Gasteiger partial charge in [0.05, 0.1) is 31.5 Å². The summed E-state index contributed by atoms with van der Waals surface area (Å²) in [6.07, 6.45) is 0. The second kappa shape index (κ2) is 7.54. The fourth-order valence-corrected chi connectivity index (χ4v) is 2.73. The average Bonchev–Trinajstić information content (AvgIpc) is 2.59. The first-order valence-electron chi connectivity index (χ1n) is 7.80. The third-order valence-electron chi connectivity index (χ3n) is 3.97. The maximum absolute atomic E-state index is 5.48. The molecule has 0 amide bonds. The molecule has 5 heteroatoms. The van der Waals surface area contributed by atoms with Gasteiger partial charge in [0.15, 0.2) is 0 Å². The summed E-state index contributed by atoms with van der Waals surface area (Å²) in [7, 11) is 1.71. The number of hydrogen-bond donors (Lipinski definition) is 1. The fourth-order valence-electron chi connectivity index (χ4n) is 2.73. The van der Waals surface area contributed by atoms with Gasteiger partial charge in [-0.2, -0.15) is 0 Å². The highest BCUT2D eigenvalue weighted by Gasteiger charge is 2.09. The van der Waals surface area contributed by atoms with Crippen molar-refractivity contribution >= 4 is 10.9 Å². The van der Waals surface area contributed by atoms with Gasteiger partial charge in [-0.25, -0.2) is 0 Å². The Labute approximate surface area is 131 Å². The summed E-state index contributed by atoms with van der Waals surface area (Å²) in [6.45, 7) is 6.52. The zero-order chi connectivity index (χ0) is 15.2. The van der Waals surface area contributed by atoms with Crippen molar-refractivity contribution in [1.82, 2.24) is 15.2 Å². The van der Waals surface area contributed by atoms with Gasteiger partial charge in [0.1, 0.15) is 5.75 Å². The molecule has 0 unspecified atom stereocenters. The number of pyridine rings is 1.